The van der Waals surface area contributed by atoms with Crippen LogP contribution in [0.4, 0.5) is 0 Å². The lowest BCUT2D eigenvalue weighted by Crippen LogP contribution is -2.40. The summed E-state index contributed by atoms with van der Waals surface area (Å²) >= 11 is 1.27. The van der Waals surface area contributed by atoms with E-state index in [1.807, 2.05) is 66.7 Å². The van der Waals surface area contributed by atoms with Crippen LogP contribution in [-0.2, 0) is 4.79 Å². The van der Waals surface area contributed by atoms with Gasteiger partial charge in [-0.15, -0.1) is 0 Å². The zero-order valence-electron chi connectivity index (χ0n) is 27.9. The molecule has 0 spiro atoms. The Bertz CT molecular complexity index is 2140. The molecule has 0 radical (unpaired) electrons. The van der Waals surface area contributed by atoms with Crippen molar-refractivity contribution >= 4 is 23.4 Å². The minimum Gasteiger partial charge on any atom is -0.493 e. The van der Waals surface area contributed by atoms with Crippen molar-refractivity contribution in [2.75, 3.05) is 20.3 Å². The molecule has 0 N–H and O–H groups in total. The molecule has 6 rings (SSSR count). The van der Waals surface area contributed by atoms with Crippen LogP contribution in [0.3, 0.4) is 0 Å². The van der Waals surface area contributed by atoms with E-state index in [1.54, 1.807) is 48.9 Å². The zero-order valence-corrected chi connectivity index (χ0v) is 28.7. The monoisotopic (exact) mass is 674 g/mol. The first-order valence-corrected chi connectivity index (χ1v) is 17.1. The molecule has 1 aliphatic rings. The van der Waals surface area contributed by atoms with Gasteiger partial charge in [0.25, 0.3) is 5.56 Å². The average Bonchev–Trinajstić information content (AvgIpc) is 3.43. The van der Waals surface area contributed by atoms with Gasteiger partial charge in [0.1, 0.15) is 24.7 Å². The number of carbonyl (C=O) groups excluding carboxylic acids is 1. The first kappa shape index (κ1) is 33.5. The molecule has 1 aliphatic heterocycles. The molecule has 0 unspecified atom stereocenters. The predicted molar refractivity (Wildman–Crippen MR) is 191 cm³/mol. The fourth-order valence-electron chi connectivity index (χ4n) is 5.67. The summed E-state index contributed by atoms with van der Waals surface area (Å²) in [6.45, 7) is 6.87. The van der Waals surface area contributed by atoms with E-state index in [-0.39, 0.29) is 5.56 Å². The molecule has 0 amide bonds. The second kappa shape index (κ2) is 15.2. The molecule has 8 nitrogen and oxygen atoms in total. The number of para-hydroxylation sites is 1. The maximum absolute atomic E-state index is 14.1. The fraction of sp³-hybridized carbons (Fsp3) is 0.225. The smallest absolute Gasteiger partial charge is 0.343 e. The van der Waals surface area contributed by atoms with Crippen molar-refractivity contribution in [3.05, 3.63) is 151 Å². The van der Waals surface area contributed by atoms with E-state index in [4.69, 9.17) is 23.9 Å². The lowest BCUT2D eigenvalue weighted by molar-refractivity contribution is -0.130. The third-order valence-corrected chi connectivity index (χ3v) is 9.45. The van der Waals surface area contributed by atoms with Crippen LogP contribution in [0.1, 0.15) is 55.8 Å². The first-order valence-electron chi connectivity index (χ1n) is 16.2. The molecule has 49 heavy (non-hydrogen) atoms. The van der Waals surface area contributed by atoms with E-state index >= 15 is 0 Å². The van der Waals surface area contributed by atoms with Crippen LogP contribution in [-0.4, -0.2) is 30.9 Å². The van der Waals surface area contributed by atoms with Gasteiger partial charge in [0, 0.05) is 0 Å². The molecule has 5 aromatic rings. The summed E-state index contributed by atoms with van der Waals surface area (Å²) in [6, 6.07) is 31.3. The van der Waals surface area contributed by atoms with Gasteiger partial charge in [0.2, 0.25) is 0 Å². The number of carbonyl (C=O) groups is 1. The molecule has 0 aliphatic carbocycles. The molecule has 250 valence electrons. The highest BCUT2D eigenvalue weighted by Crippen LogP contribution is 2.32. The van der Waals surface area contributed by atoms with Crippen molar-refractivity contribution in [3.8, 4) is 23.0 Å². The SMILES string of the molecule is CC[C@H](C)c1ccc(OCCOc2ccc(/C=c3/sc4n(c3=O)[C@H](c3ccccc3)C(C(=O)Oc3ccccc3)=C(C)N=4)cc2OC)cc1. The van der Waals surface area contributed by atoms with Gasteiger partial charge in [-0.05, 0) is 78.4 Å². The van der Waals surface area contributed by atoms with Crippen molar-refractivity contribution < 1.29 is 23.7 Å². The molecule has 9 heteroatoms. The third kappa shape index (κ3) is 7.52. The Morgan fingerprint density at radius 3 is 2.29 bits per heavy atom. The van der Waals surface area contributed by atoms with Crippen LogP contribution in [0.25, 0.3) is 6.08 Å². The number of aromatic nitrogens is 1. The average molecular weight is 675 g/mol. The summed E-state index contributed by atoms with van der Waals surface area (Å²) in [6.07, 6.45) is 2.89. The number of hydrogen-bond acceptors (Lipinski definition) is 8. The molecule has 0 fully saturated rings. The van der Waals surface area contributed by atoms with Crippen LogP contribution in [0.5, 0.6) is 23.0 Å². The van der Waals surface area contributed by atoms with Gasteiger partial charge in [0.05, 0.1) is 29.0 Å². The van der Waals surface area contributed by atoms with Crippen molar-refractivity contribution in [2.45, 2.75) is 39.2 Å². The van der Waals surface area contributed by atoms with Crippen LogP contribution >= 0.6 is 11.3 Å². The van der Waals surface area contributed by atoms with Crippen LogP contribution in [0.15, 0.2) is 124 Å². The number of thiazole rings is 1. The molecule has 1 aromatic heterocycles. The van der Waals surface area contributed by atoms with Gasteiger partial charge in [-0.2, -0.15) is 0 Å². The highest BCUT2D eigenvalue weighted by molar-refractivity contribution is 7.07. The topological polar surface area (TPSA) is 88.4 Å². The summed E-state index contributed by atoms with van der Waals surface area (Å²) in [7, 11) is 1.58. The van der Waals surface area contributed by atoms with E-state index in [0.29, 0.717) is 57.0 Å². The summed E-state index contributed by atoms with van der Waals surface area (Å²) in [4.78, 5) is 32.9. The van der Waals surface area contributed by atoms with Crippen LogP contribution in [0, 0.1) is 0 Å². The Hall–Kier alpha value is -5.41. The minimum absolute atomic E-state index is 0.260. The van der Waals surface area contributed by atoms with E-state index < -0.39 is 12.0 Å². The molecular weight excluding hydrogens is 637 g/mol. The molecule has 2 atom stereocenters. The number of nitrogens with zero attached hydrogens (tertiary/aromatic N) is 2. The lowest BCUT2D eigenvalue weighted by atomic mass is 9.96. The molecule has 0 saturated heterocycles. The molecule has 2 heterocycles. The van der Waals surface area contributed by atoms with Gasteiger partial charge >= 0.3 is 5.97 Å². The van der Waals surface area contributed by atoms with Crippen LogP contribution < -0.4 is 33.8 Å². The Balaban J connectivity index is 1.23. The zero-order chi connectivity index (χ0) is 34.3. The summed E-state index contributed by atoms with van der Waals surface area (Å²) in [5.41, 5.74) is 3.37. The molecule has 4 aromatic carbocycles. The third-order valence-electron chi connectivity index (χ3n) is 8.47. The van der Waals surface area contributed by atoms with E-state index in [0.717, 1.165) is 23.3 Å². The van der Waals surface area contributed by atoms with Gasteiger partial charge in [0.15, 0.2) is 16.3 Å². The number of methoxy groups -OCH3 is 1. The summed E-state index contributed by atoms with van der Waals surface area (Å²) < 4.78 is 25.3. The van der Waals surface area contributed by atoms with E-state index in [9.17, 15) is 9.59 Å². The standard InChI is InChI=1S/C40H38N2O6S/c1-5-26(2)29-17-19-31(20-18-29)46-22-23-47-33-21-16-28(24-34(33)45-4)25-35-38(43)42-37(30-12-8-6-9-13-30)36(27(3)41-40(42)49-35)39(44)48-32-14-10-7-11-15-32/h6-21,24-26,37H,5,22-23H2,1-4H3/b35-25+/t26-,37+/m0/s1. The van der Waals surface area contributed by atoms with E-state index in [2.05, 4.69) is 26.0 Å². The van der Waals surface area contributed by atoms with Crippen molar-refractivity contribution in [1.82, 2.24) is 4.57 Å². The number of benzene rings is 4. The largest absolute Gasteiger partial charge is 0.493 e. The predicted octanol–water partition coefficient (Wildman–Crippen LogP) is 6.82. The number of rotatable bonds is 12. The molecular formula is C40H38N2O6S. The maximum atomic E-state index is 14.1. The lowest BCUT2D eigenvalue weighted by Gasteiger charge is -2.24. The Kier molecular flexibility index (Phi) is 10.4. The second-order valence-corrected chi connectivity index (χ2v) is 12.7. The first-order chi connectivity index (χ1) is 23.9. The maximum Gasteiger partial charge on any atom is 0.343 e. The Morgan fingerprint density at radius 1 is 0.898 bits per heavy atom. The Morgan fingerprint density at radius 2 is 1.59 bits per heavy atom. The van der Waals surface area contributed by atoms with Crippen molar-refractivity contribution in [2.24, 2.45) is 4.99 Å². The quantitative estimate of drug-likeness (QED) is 0.0820. The van der Waals surface area contributed by atoms with Gasteiger partial charge < -0.3 is 18.9 Å². The normalized spacial score (nSPS) is 14.9. The van der Waals surface area contributed by atoms with E-state index in [1.165, 1.54) is 16.9 Å². The van der Waals surface area contributed by atoms with Crippen LogP contribution in [0.2, 0.25) is 0 Å². The summed E-state index contributed by atoms with van der Waals surface area (Å²) in [5, 5.41) is 0. The van der Waals surface area contributed by atoms with Crippen molar-refractivity contribution in [1.29, 1.82) is 0 Å². The number of allylic oxidation sites excluding steroid dienone is 1. The number of ether oxygens (including phenoxy) is 4. The minimum atomic E-state index is -0.707. The number of fused-ring (bicyclic) bond motifs is 1. The van der Waals surface area contributed by atoms with Gasteiger partial charge in [-0.25, -0.2) is 9.79 Å². The molecule has 0 bridgehead atoms. The molecule has 0 saturated carbocycles. The number of esters is 1. The second-order valence-electron chi connectivity index (χ2n) is 11.7. The Labute approximate surface area is 289 Å². The van der Waals surface area contributed by atoms with Crippen molar-refractivity contribution in [3.63, 3.8) is 0 Å². The van der Waals surface area contributed by atoms with Gasteiger partial charge in [-0.1, -0.05) is 91.9 Å². The number of hydrogen-bond donors (Lipinski definition) is 0. The van der Waals surface area contributed by atoms with Gasteiger partial charge in [-0.3, -0.25) is 9.36 Å². The summed E-state index contributed by atoms with van der Waals surface area (Å²) in [5.74, 6) is 2.27. The fourth-order valence-corrected chi connectivity index (χ4v) is 6.71. The highest BCUT2D eigenvalue weighted by Gasteiger charge is 2.33. The highest BCUT2D eigenvalue weighted by atomic mass is 32.1.